The normalized spacial score (nSPS) is 18.6. The van der Waals surface area contributed by atoms with Crippen LogP contribution in [0.25, 0.3) is 10.8 Å². The maximum absolute atomic E-state index is 12.0. The van der Waals surface area contributed by atoms with Crippen molar-refractivity contribution in [2.45, 2.75) is 18.8 Å². The number of benzene rings is 1. The number of aromatic carboxylic acids is 1. The topological polar surface area (TPSA) is 96.4 Å². The number of fused-ring (bicyclic) bond motifs is 1. The Morgan fingerprint density at radius 3 is 2.62 bits per heavy atom. The Morgan fingerprint density at radius 1 is 1.24 bits per heavy atom. The smallest absolute Gasteiger partial charge is 0.355 e. The maximum Gasteiger partial charge on any atom is 0.355 e. The van der Waals surface area contributed by atoms with Crippen LogP contribution in [0.2, 0.25) is 0 Å². The summed E-state index contributed by atoms with van der Waals surface area (Å²) in [6.45, 7) is 0. The van der Waals surface area contributed by atoms with E-state index in [0.29, 0.717) is 22.8 Å². The summed E-state index contributed by atoms with van der Waals surface area (Å²) in [6.07, 6.45) is 2.10. The average Bonchev–Trinajstić information content (AvgIpc) is 2.46. The second-order valence-electron chi connectivity index (χ2n) is 4.92. The number of aromatic nitrogens is 1. The van der Waals surface area contributed by atoms with Crippen molar-refractivity contribution in [3.05, 3.63) is 41.7 Å². The first-order valence-electron chi connectivity index (χ1n) is 6.52. The van der Waals surface area contributed by atoms with Gasteiger partial charge in [-0.25, -0.2) is 9.78 Å². The van der Waals surface area contributed by atoms with E-state index in [1.165, 1.54) is 6.20 Å². The van der Waals surface area contributed by atoms with Crippen LogP contribution in [0.1, 0.15) is 34.8 Å². The van der Waals surface area contributed by atoms with Gasteiger partial charge in [0.05, 0.1) is 5.92 Å². The van der Waals surface area contributed by atoms with Gasteiger partial charge in [0.1, 0.15) is 0 Å². The van der Waals surface area contributed by atoms with Crippen LogP contribution >= 0.6 is 0 Å². The molecular weight excluding hydrogens is 272 g/mol. The summed E-state index contributed by atoms with van der Waals surface area (Å²) in [5.41, 5.74) is 0.613. The van der Waals surface area contributed by atoms with Crippen molar-refractivity contribution in [2.75, 3.05) is 0 Å². The molecule has 2 aromatic rings. The molecule has 0 aliphatic carbocycles. The van der Waals surface area contributed by atoms with Crippen molar-refractivity contribution < 1.29 is 19.5 Å². The number of carboxylic acids is 1. The highest BCUT2D eigenvalue weighted by atomic mass is 16.4. The minimum absolute atomic E-state index is 0.0401. The summed E-state index contributed by atoms with van der Waals surface area (Å²) in [5, 5.41) is 12.7. The predicted octanol–water partition coefficient (Wildman–Crippen LogP) is 1.45. The first-order valence-corrected chi connectivity index (χ1v) is 6.52. The summed E-state index contributed by atoms with van der Waals surface area (Å²) in [5.74, 6) is -2.24. The van der Waals surface area contributed by atoms with Crippen LogP contribution in [0.15, 0.2) is 30.5 Å². The molecule has 2 heterocycles. The lowest BCUT2D eigenvalue weighted by molar-refractivity contribution is -0.134. The van der Waals surface area contributed by atoms with Crippen LogP contribution in [0.4, 0.5) is 0 Å². The molecule has 1 aromatic carbocycles. The summed E-state index contributed by atoms with van der Waals surface area (Å²) >= 11 is 0. The van der Waals surface area contributed by atoms with Crippen LogP contribution in [-0.4, -0.2) is 27.9 Å². The van der Waals surface area contributed by atoms with Gasteiger partial charge in [0.2, 0.25) is 11.8 Å². The molecule has 21 heavy (non-hydrogen) atoms. The first kappa shape index (κ1) is 13.2. The fraction of sp³-hybridized carbons (Fsp3) is 0.200. The van der Waals surface area contributed by atoms with Gasteiger partial charge in [-0.05, 0) is 17.4 Å². The zero-order valence-corrected chi connectivity index (χ0v) is 11.0. The second kappa shape index (κ2) is 4.97. The number of rotatable bonds is 2. The third-order valence-corrected chi connectivity index (χ3v) is 3.64. The number of carbonyl (C=O) groups excluding carboxylic acids is 2. The first-order chi connectivity index (χ1) is 10.1. The molecule has 1 saturated heterocycles. The number of piperidine rings is 1. The number of amides is 2. The minimum Gasteiger partial charge on any atom is -0.476 e. The summed E-state index contributed by atoms with van der Waals surface area (Å²) in [6, 6.07) is 6.94. The van der Waals surface area contributed by atoms with Crippen LogP contribution in [0.5, 0.6) is 0 Å². The second-order valence-corrected chi connectivity index (χ2v) is 4.92. The Labute approximate surface area is 119 Å². The number of nitrogens with one attached hydrogen (secondary N) is 1. The number of pyridine rings is 1. The Bertz CT molecular complexity index is 769. The van der Waals surface area contributed by atoms with Crippen LogP contribution in [0.3, 0.4) is 0 Å². The van der Waals surface area contributed by atoms with E-state index in [1.807, 2.05) is 0 Å². The molecule has 0 spiro atoms. The van der Waals surface area contributed by atoms with E-state index in [4.69, 9.17) is 0 Å². The van der Waals surface area contributed by atoms with Gasteiger partial charge in [0.25, 0.3) is 0 Å². The third kappa shape index (κ3) is 2.24. The summed E-state index contributed by atoms with van der Waals surface area (Å²) < 4.78 is 0. The fourth-order valence-electron chi connectivity index (χ4n) is 2.65. The number of hydrogen-bond donors (Lipinski definition) is 2. The van der Waals surface area contributed by atoms with E-state index >= 15 is 0 Å². The third-order valence-electron chi connectivity index (χ3n) is 3.64. The largest absolute Gasteiger partial charge is 0.476 e. The van der Waals surface area contributed by atoms with E-state index in [9.17, 15) is 19.5 Å². The van der Waals surface area contributed by atoms with Crippen molar-refractivity contribution in [3.63, 3.8) is 0 Å². The Kier molecular flexibility index (Phi) is 3.13. The minimum atomic E-state index is -1.11. The van der Waals surface area contributed by atoms with Crippen molar-refractivity contribution in [2.24, 2.45) is 0 Å². The van der Waals surface area contributed by atoms with Crippen molar-refractivity contribution >= 4 is 28.6 Å². The van der Waals surface area contributed by atoms with Crippen LogP contribution < -0.4 is 5.32 Å². The van der Waals surface area contributed by atoms with Gasteiger partial charge < -0.3 is 5.11 Å². The molecule has 6 nitrogen and oxygen atoms in total. The molecule has 1 atom stereocenters. The summed E-state index contributed by atoms with van der Waals surface area (Å²) in [4.78, 5) is 38.4. The summed E-state index contributed by atoms with van der Waals surface area (Å²) in [7, 11) is 0. The molecule has 2 amide bonds. The van der Waals surface area contributed by atoms with Gasteiger partial charge in [0.15, 0.2) is 5.69 Å². The van der Waals surface area contributed by atoms with E-state index in [-0.39, 0.29) is 23.9 Å². The highest BCUT2D eigenvalue weighted by Crippen LogP contribution is 2.31. The number of imide groups is 1. The van der Waals surface area contributed by atoms with Gasteiger partial charge in [-0.2, -0.15) is 0 Å². The van der Waals surface area contributed by atoms with E-state index in [2.05, 4.69) is 10.3 Å². The van der Waals surface area contributed by atoms with Crippen molar-refractivity contribution in [3.8, 4) is 0 Å². The monoisotopic (exact) mass is 284 g/mol. The molecular formula is C15H12N2O4. The predicted molar refractivity (Wildman–Crippen MR) is 73.8 cm³/mol. The van der Waals surface area contributed by atoms with E-state index in [0.717, 1.165) is 0 Å². The highest BCUT2D eigenvalue weighted by Gasteiger charge is 2.30. The van der Waals surface area contributed by atoms with Gasteiger partial charge in [-0.15, -0.1) is 0 Å². The zero-order chi connectivity index (χ0) is 15.0. The van der Waals surface area contributed by atoms with Crippen LogP contribution in [0, 0.1) is 0 Å². The highest BCUT2D eigenvalue weighted by molar-refractivity contribution is 6.06. The van der Waals surface area contributed by atoms with Crippen molar-refractivity contribution in [1.82, 2.24) is 10.3 Å². The molecule has 1 aliphatic rings. The number of carbonyl (C=O) groups is 3. The lowest BCUT2D eigenvalue weighted by Crippen LogP contribution is -2.39. The van der Waals surface area contributed by atoms with Crippen molar-refractivity contribution in [1.29, 1.82) is 0 Å². The molecule has 0 saturated carbocycles. The standard InChI is InChI=1S/C15H12N2O4/c18-12-6-5-10(14(19)17-12)11-7-16-13(15(20)21)9-4-2-1-3-8(9)11/h1-4,7,10H,5-6H2,(H,20,21)(H,17,18,19). The number of hydrogen-bond acceptors (Lipinski definition) is 4. The lowest BCUT2D eigenvalue weighted by atomic mass is 9.88. The average molecular weight is 284 g/mol. The molecule has 1 aromatic heterocycles. The molecule has 1 unspecified atom stereocenters. The molecule has 1 aliphatic heterocycles. The zero-order valence-electron chi connectivity index (χ0n) is 11.0. The van der Waals surface area contributed by atoms with Gasteiger partial charge >= 0.3 is 5.97 Å². The quantitative estimate of drug-likeness (QED) is 0.814. The SMILES string of the molecule is O=C1CCC(c2cnc(C(=O)O)c3ccccc23)C(=O)N1. The number of carboxylic acid groups (broad SMARTS) is 1. The molecule has 0 bridgehead atoms. The number of nitrogens with zero attached hydrogens (tertiary/aromatic N) is 1. The molecule has 1 fully saturated rings. The van der Waals surface area contributed by atoms with Gasteiger partial charge in [-0.3, -0.25) is 14.9 Å². The lowest BCUT2D eigenvalue weighted by Gasteiger charge is -2.22. The molecule has 0 radical (unpaired) electrons. The van der Waals surface area contributed by atoms with Crippen LogP contribution in [-0.2, 0) is 9.59 Å². The molecule has 3 rings (SSSR count). The van der Waals surface area contributed by atoms with Gasteiger partial charge in [-0.1, -0.05) is 24.3 Å². The molecule has 106 valence electrons. The maximum atomic E-state index is 12.0. The Balaban J connectivity index is 2.16. The fourth-order valence-corrected chi connectivity index (χ4v) is 2.65. The Hall–Kier alpha value is -2.76. The Morgan fingerprint density at radius 2 is 1.95 bits per heavy atom. The molecule has 2 N–H and O–H groups in total. The van der Waals surface area contributed by atoms with E-state index < -0.39 is 11.9 Å². The van der Waals surface area contributed by atoms with Gasteiger partial charge in [0, 0.05) is 18.0 Å². The molecule has 6 heteroatoms. The van der Waals surface area contributed by atoms with E-state index in [1.54, 1.807) is 24.3 Å².